The van der Waals surface area contributed by atoms with Crippen LogP contribution in [0.5, 0.6) is 0 Å². The van der Waals surface area contributed by atoms with Crippen LogP contribution < -0.4 is 0 Å². The molecule has 12 aromatic rings. The van der Waals surface area contributed by atoms with Crippen molar-refractivity contribution in [2.75, 3.05) is 0 Å². The summed E-state index contributed by atoms with van der Waals surface area (Å²) in [6.45, 7) is 0. The second-order valence-electron chi connectivity index (χ2n) is 18.2. The minimum absolute atomic E-state index is 0.507. The molecule has 2 aromatic heterocycles. The fourth-order valence-electron chi connectivity index (χ4n) is 12.0. The molecule has 0 bridgehead atoms. The van der Waals surface area contributed by atoms with Gasteiger partial charge in [0, 0.05) is 33.2 Å². The number of hydrogen-bond acceptors (Lipinski definition) is 3. The second kappa shape index (κ2) is 15.3. The minimum atomic E-state index is -0.657. The summed E-state index contributed by atoms with van der Waals surface area (Å²) in [6.07, 6.45) is 0. The summed E-state index contributed by atoms with van der Waals surface area (Å²) in [6, 6.07) is 92.5. The van der Waals surface area contributed by atoms with Crippen molar-refractivity contribution in [1.29, 1.82) is 0 Å². The van der Waals surface area contributed by atoms with Gasteiger partial charge in [-0.25, -0.2) is 15.0 Å². The molecule has 14 rings (SSSR count). The molecule has 0 amide bonds. The fraction of sp³-hybridized carbons (Fsp3) is 0.0308. The molecule has 0 aliphatic heterocycles. The van der Waals surface area contributed by atoms with Crippen LogP contribution in [0.3, 0.4) is 0 Å². The molecule has 0 radical (unpaired) electrons. The Balaban J connectivity index is 0.974. The van der Waals surface area contributed by atoms with Gasteiger partial charge in [-0.1, -0.05) is 218 Å². The predicted octanol–water partition coefficient (Wildman–Crippen LogP) is 15.0. The molecule has 2 unspecified atom stereocenters. The van der Waals surface area contributed by atoms with Crippen LogP contribution in [0, 0.1) is 0 Å². The Bertz CT molecular complexity index is 3940. The zero-order valence-electron chi connectivity index (χ0n) is 37.5. The topological polar surface area (TPSA) is 43.6 Å². The number of rotatable bonds is 7. The van der Waals surface area contributed by atoms with Crippen LogP contribution in [-0.4, -0.2) is 19.5 Å². The fourth-order valence-corrected chi connectivity index (χ4v) is 12.0. The number of fused-ring (bicyclic) bond motifs is 8. The monoisotopic (exact) mass is 878 g/mol. The molecule has 69 heavy (non-hydrogen) atoms. The molecule has 0 spiro atoms. The van der Waals surface area contributed by atoms with Gasteiger partial charge in [-0.2, -0.15) is 0 Å². The van der Waals surface area contributed by atoms with E-state index in [2.05, 4.69) is 241 Å². The Hall–Kier alpha value is -8.99. The highest BCUT2D eigenvalue weighted by Gasteiger charge is 2.57. The van der Waals surface area contributed by atoms with Crippen LogP contribution >= 0.6 is 0 Å². The van der Waals surface area contributed by atoms with E-state index in [-0.39, 0.29) is 0 Å². The lowest BCUT2D eigenvalue weighted by atomic mass is 9.52. The zero-order valence-corrected chi connectivity index (χ0v) is 37.5. The van der Waals surface area contributed by atoms with Gasteiger partial charge >= 0.3 is 0 Å². The number of benzene rings is 10. The largest absolute Gasteiger partial charge is 0.309 e. The molecule has 322 valence electrons. The Labute approximate surface area is 400 Å². The van der Waals surface area contributed by atoms with Crippen LogP contribution in [-0.2, 0) is 10.8 Å². The van der Waals surface area contributed by atoms with Gasteiger partial charge in [0.25, 0.3) is 0 Å². The maximum absolute atomic E-state index is 5.31. The van der Waals surface area contributed by atoms with E-state index in [4.69, 9.17) is 15.0 Å². The molecule has 0 fully saturated rings. The van der Waals surface area contributed by atoms with Crippen molar-refractivity contribution in [3.63, 3.8) is 0 Å². The highest BCUT2D eigenvalue weighted by Crippen LogP contribution is 2.65. The second-order valence-corrected chi connectivity index (χ2v) is 18.2. The maximum Gasteiger partial charge on any atom is 0.164 e. The van der Waals surface area contributed by atoms with Crippen LogP contribution in [0.2, 0.25) is 0 Å². The normalized spacial score (nSPS) is 16.5. The van der Waals surface area contributed by atoms with Gasteiger partial charge in [-0.05, 0) is 92.0 Å². The summed E-state index contributed by atoms with van der Waals surface area (Å²) in [5.74, 6) is 1.87. The quantitative estimate of drug-likeness (QED) is 0.160. The Morgan fingerprint density at radius 2 is 0.754 bits per heavy atom. The third-order valence-corrected chi connectivity index (χ3v) is 14.8. The molecule has 2 atom stereocenters. The first-order valence-electron chi connectivity index (χ1n) is 23.7. The Kier molecular flexibility index (Phi) is 8.68. The van der Waals surface area contributed by atoms with Gasteiger partial charge in [0.05, 0.1) is 21.9 Å². The highest BCUT2D eigenvalue weighted by atomic mass is 15.0. The third-order valence-electron chi connectivity index (χ3n) is 14.8. The van der Waals surface area contributed by atoms with Crippen molar-refractivity contribution in [1.82, 2.24) is 19.5 Å². The van der Waals surface area contributed by atoms with E-state index >= 15 is 0 Å². The molecule has 2 heterocycles. The standard InChI is InChI=1S/C65H42N4/c1-5-20-43(21-6-1)61-66-62(68-63(67-61)45-38-41-59-53(42-45)51-29-14-18-35-58(51)69(59)49-26-11-4-12-27-49)44-36-39-48(40-37-44)64(46-22-7-2-8-23-46)55-32-16-17-33-56(55)65(47-24-9-3-10-25-47)54-31-15-13-28-50(54)52-30-19-34-57(64)60(52)65/h1-42H. The molecular weight excluding hydrogens is 837 g/mol. The molecule has 0 saturated heterocycles. The van der Waals surface area contributed by atoms with Crippen molar-refractivity contribution >= 4 is 21.8 Å². The van der Waals surface area contributed by atoms with Gasteiger partial charge in [-0.15, -0.1) is 0 Å². The average Bonchev–Trinajstić information content (AvgIpc) is 3.93. The Morgan fingerprint density at radius 3 is 1.45 bits per heavy atom. The molecular formula is C65H42N4. The first-order valence-corrected chi connectivity index (χ1v) is 23.7. The minimum Gasteiger partial charge on any atom is -0.309 e. The van der Waals surface area contributed by atoms with E-state index < -0.39 is 10.8 Å². The van der Waals surface area contributed by atoms with E-state index in [1.54, 1.807) is 0 Å². The lowest BCUT2D eigenvalue weighted by Crippen LogP contribution is -2.44. The summed E-state index contributed by atoms with van der Waals surface area (Å²) in [7, 11) is 0. The van der Waals surface area contributed by atoms with E-state index in [1.807, 2.05) is 18.2 Å². The smallest absolute Gasteiger partial charge is 0.164 e. The molecule has 4 heteroatoms. The average molecular weight is 879 g/mol. The van der Waals surface area contributed by atoms with Crippen molar-refractivity contribution in [3.05, 3.63) is 299 Å². The van der Waals surface area contributed by atoms with Gasteiger partial charge in [0.2, 0.25) is 0 Å². The van der Waals surface area contributed by atoms with Crippen molar-refractivity contribution in [2.24, 2.45) is 0 Å². The van der Waals surface area contributed by atoms with Crippen LogP contribution in [0.15, 0.2) is 255 Å². The molecule has 4 nitrogen and oxygen atoms in total. The predicted molar refractivity (Wildman–Crippen MR) is 280 cm³/mol. The van der Waals surface area contributed by atoms with Crippen molar-refractivity contribution in [2.45, 2.75) is 10.8 Å². The molecule has 0 N–H and O–H groups in total. The number of para-hydroxylation sites is 2. The highest BCUT2D eigenvalue weighted by molar-refractivity contribution is 6.10. The number of nitrogens with zero attached hydrogens (tertiary/aromatic N) is 4. The van der Waals surface area contributed by atoms with Crippen LogP contribution in [0.4, 0.5) is 0 Å². The summed E-state index contributed by atoms with van der Waals surface area (Å²) < 4.78 is 2.33. The van der Waals surface area contributed by atoms with E-state index in [1.165, 1.54) is 61.0 Å². The number of aromatic nitrogens is 4. The lowest BCUT2D eigenvalue weighted by Gasteiger charge is -2.49. The van der Waals surface area contributed by atoms with Crippen LogP contribution in [0.1, 0.15) is 44.5 Å². The molecule has 0 saturated carbocycles. The van der Waals surface area contributed by atoms with E-state index in [9.17, 15) is 0 Å². The van der Waals surface area contributed by atoms with Crippen molar-refractivity contribution < 1.29 is 0 Å². The Morgan fingerprint density at radius 1 is 0.290 bits per heavy atom. The van der Waals surface area contributed by atoms with Crippen LogP contribution in [0.25, 0.3) is 72.8 Å². The summed E-state index contributed by atoms with van der Waals surface area (Å²) in [5.41, 5.74) is 17.8. The number of hydrogen-bond donors (Lipinski definition) is 0. The maximum atomic E-state index is 5.31. The zero-order chi connectivity index (χ0) is 45.5. The molecule has 2 aliphatic rings. The van der Waals surface area contributed by atoms with Gasteiger partial charge < -0.3 is 4.57 Å². The summed E-state index contributed by atoms with van der Waals surface area (Å²) >= 11 is 0. The first-order chi connectivity index (χ1) is 34.2. The van der Waals surface area contributed by atoms with E-state index in [0.717, 1.165) is 38.8 Å². The SMILES string of the molecule is c1ccc(-c2nc(-c3ccc(C4(c5ccccc5)c5ccccc5C5(c6ccccc6)c6ccccc6-c6cccc4c65)cc3)nc(-c3ccc4c(c3)c3ccccc3n4-c3ccccc3)n2)cc1. The van der Waals surface area contributed by atoms with Crippen molar-refractivity contribution in [3.8, 4) is 51.0 Å². The summed E-state index contributed by atoms with van der Waals surface area (Å²) in [4.78, 5) is 15.7. The van der Waals surface area contributed by atoms with Gasteiger partial charge in [-0.3, -0.25) is 0 Å². The lowest BCUT2D eigenvalue weighted by molar-refractivity contribution is 0.627. The third kappa shape index (κ3) is 5.60. The van der Waals surface area contributed by atoms with E-state index in [0.29, 0.717) is 17.5 Å². The first kappa shape index (κ1) is 39.2. The molecule has 2 aliphatic carbocycles. The van der Waals surface area contributed by atoms with Gasteiger partial charge in [0.1, 0.15) is 0 Å². The van der Waals surface area contributed by atoms with Gasteiger partial charge in [0.15, 0.2) is 17.5 Å². The summed E-state index contributed by atoms with van der Waals surface area (Å²) in [5, 5.41) is 2.32. The molecule has 10 aromatic carbocycles.